The van der Waals surface area contributed by atoms with Crippen molar-refractivity contribution in [2.75, 3.05) is 12.0 Å². The van der Waals surface area contributed by atoms with E-state index >= 15 is 0 Å². The average molecular weight is 265 g/mol. The van der Waals surface area contributed by atoms with Gasteiger partial charge in [-0.25, -0.2) is 4.98 Å². The van der Waals surface area contributed by atoms with E-state index in [0.717, 1.165) is 6.42 Å². The van der Waals surface area contributed by atoms with Crippen molar-refractivity contribution in [3.63, 3.8) is 0 Å². The summed E-state index contributed by atoms with van der Waals surface area (Å²) in [5.41, 5.74) is 6.54. The van der Waals surface area contributed by atoms with Crippen LogP contribution < -0.4 is 11.1 Å². The highest BCUT2D eigenvalue weighted by molar-refractivity contribution is 7.99. The zero-order valence-corrected chi connectivity index (χ0v) is 11.4. The zero-order valence-electron chi connectivity index (χ0n) is 10.6. The van der Waals surface area contributed by atoms with Crippen molar-refractivity contribution in [3.05, 3.63) is 24.0 Å². The summed E-state index contributed by atoms with van der Waals surface area (Å²) in [6.45, 7) is 0. The van der Waals surface area contributed by atoms with Crippen LogP contribution in [0.3, 0.4) is 0 Å². The van der Waals surface area contributed by atoms with Crippen molar-refractivity contribution >= 4 is 23.4 Å². The van der Waals surface area contributed by atoms with Crippen molar-refractivity contribution < 1.29 is 4.79 Å². The third-order valence-electron chi connectivity index (χ3n) is 3.38. The lowest BCUT2D eigenvalue weighted by atomic mass is 9.94. The molecule has 0 spiro atoms. The smallest absolute Gasteiger partial charge is 0.272 e. The number of nitrogens with two attached hydrogens (primary N) is 1. The Balaban J connectivity index is 2.04. The number of hydrogen-bond donors (Lipinski definition) is 2. The largest absolute Gasteiger partial charge is 0.397 e. The first-order valence-corrected chi connectivity index (χ1v) is 7.55. The monoisotopic (exact) mass is 265 g/mol. The molecule has 4 nitrogen and oxygen atoms in total. The van der Waals surface area contributed by atoms with E-state index in [2.05, 4.69) is 16.6 Å². The lowest BCUT2D eigenvalue weighted by Crippen LogP contribution is -2.44. The summed E-state index contributed by atoms with van der Waals surface area (Å²) in [6, 6.07) is 3.68. The van der Waals surface area contributed by atoms with Crippen LogP contribution in [0.1, 0.15) is 36.2 Å². The van der Waals surface area contributed by atoms with E-state index < -0.39 is 0 Å². The second kappa shape index (κ2) is 6.09. The number of nitrogens with one attached hydrogen (secondary N) is 1. The molecule has 2 rings (SSSR count). The van der Waals surface area contributed by atoms with Gasteiger partial charge in [0.15, 0.2) is 5.69 Å². The lowest BCUT2D eigenvalue weighted by Gasteiger charge is -2.30. The Morgan fingerprint density at radius 3 is 3.00 bits per heavy atom. The fraction of sp³-hybridized carbons (Fsp3) is 0.538. The molecular weight excluding hydrogens is 246 g/mol. The van der Waals surface area contributed by atoms with Gasteiger partial charge in [0.1, 0.15) is 0 Å². The van der Waals surface area contributed by atoms with Crippen molar-refractivity contribution in [3.8, 4) is 0 Å². The van der Waals surface area contributed by atoms with Crippen molar-refractivity contribution in [2.45, 2.75) is 37.0 Å². The number of anilines is 1. The summed E-state index contributed by atoms with van der Waals surface area (Å²) in [5.74, 6) is -0.154. The number of nitrogens with zero attached hydrogens (tertiary/aromatic N) is 1. The first-order chi connectivity index (χ1) is 8.72. The molecule has 1 amide bonds. The molecule has 0 saturated heterocycles. The molecule has 3 N–H and O–H groups in total. The van der Waals surface area contributed by atoms with Crippen LogP contribution in [0, 0.1) is 0 Å². The van der Waals surface area contributed by atoms with E-state index in [9.17, 15) is 4.79 Å². The summed E-state index contributed by atoms with van der Waals surface area (Å²) in [7, 11) is 0. The highest BCUT2D eigenvalue weighted by Gasteiger charge is 2.26. The molecule has 1 aliphatic carbocycles. The normalized spacial score (nSPS) is 23.6. The lowest BCUT2D eigenvalue weighted by molar-refractivity contribution is 0.0925. The van der Waals surface area contributed by atoms with Crippen LogP contribution >= 0.6 is 11.8 Å². The van der Waals surface area contributed by atoms with Crippen LogP contribution in [-0.2, 0) is 0 Å². The average Bonchev–Trinajstić information content (AvgIpc) is 2.39. The van der Waals surface area contributed by atoms with Gasteiger partial charge in [-0.05, 0) is 31.2 Å². The molecule has 0 aliphatic heterocycles. The molecule has 2 atom stereocenters. The van der Waals surface area contributed by atoms with Crippen LogP contribution in [0.4, 0.5) is 5.69 Å². The van der Waals surface area contributed by atoms with E-state index in [0.29, 0.717) is 16.6 Å². The number of carbonyl (C=O) groups is 1. The van der Waals surface area contributed by atoms with Gasteiger partial charge in [0, 0.05) is 17.5 Å². The molecule has 1 saturated carbocycles. The maximum absolute atomic E-state index is 12.1. The Morgan fingerprint density at radius 2 is 2.28 bits per heavy atom. The number of amides is 1. The molecule has 0 aromatic carbocycles. The van der Waals surface area contributed by atoms with Crippen LogP contribution in [-0.4, -0.2) is 28.4 Å². The molecule has 1 aliphatic rings. The second-order valence-corrected chi connectivity index (χ2v) is 5.66. The third-order valence-corrected chi connectivity index (χ3v) is 4.55. The molecule has 5 heteroatoms. The predicted molar refractivity (Wildman–Crippen MR) is 75.7 cm³/mol. The van der Waals surface area contributed by atoms with Gasteiger partial charge in [-0.3, -0.25) is 4.79 Å². The Morgan fingerprint density at radius 1 is 1.50 bits per heavy atom. The maximum atomic E-state index is 12.1. The summed E-state index contributed by atoms with van der Waals surface area (Å²) >= 11 is 1.83. The van der Waals surface area contributed by atoms with E-state index in [1.807, 2.05) is 11.8 Å². The van der Waals surface area contributed by atoms with E-state index in [1.54, 1.807) is 18.3 Å². The number of aromatic nitrogens is 1. The second-order valence-electron chi connectivity index (χ2n) is 4.58. The number of nitrogen functional groups attached to an aromatic ring is 1. The van der Waals surface area contributed by atoms with Crippen LogP contribution in [0.2, 0.25) is 0 Å². The molecule has 1 aromatic heterocycles. The van der Waals surface area contributed by atoms with Gasteiger partial charge in [-0.2, -0.15) is 11.8 Å². The number of thioether (sulfide) groups is 1. The van der Waals surface area contributed by atoms with Crippen molar-refractivity contribution in [1.29, 1.82) is 0 Å². The molecule has 1 fully saturated rings. The standard InChI is InChI=1S/C13H19N3OS/c1-18-11-7-3-2-6-10(11)16-13(17)12-9(14)5-4-8-15-12/h4-5,8,10-11H,2-3,6-7,14H2,1H3,(H,16,17). The Kier molecular flexibility index (Phi) is 4.47. The summed E-state index contributed by atoms with van der Waals surface area (Å²) in [4.78, 5) is 16.2. The summed E-state index contributed by atoms with van der Waals surface area (Å²) in [5, 5.41) is 3.58. The van der Waals surface area contributed by atoms with Gasteiger partial charge >= 0.3 is 0 Å². The van der Waals surface area contributed by atoms with Gasteiger partial charge in [0.2, 0.25) is 0 Å². The summed E-state index contributed by atoms with van der Waals surface area (Å²) < 4.78 is 0. The molecule has 0 radical (unpaired) electrons. The molecule has 98 valence electrons. The zero-order chi connectivity index (χ0) is 13.0. The Hall–Kier alpha value is -1.23. The van der Waals surface area contributed by atoms with E-state index in [-0.39, 0.29) is 11.9 Å². The van der Waals surface area contributed by atoms with Gasteiger partial charge in [0.25, 0.3) is 5.91 Å². The van der Waals surface area contributed by atoms with E-state index in [1.165, 1.54) is 19.3 Å². The quantitative estimate of drug-likeness (QED) is 0.878. The minimum Gasteiger partial charge on any atom is -0.397 e. The van der Waals surface area contributed by atoms with Crippen LogP contribution in [0.5, 0.6) is 0 Å². The first kappa shape index (κ1) is 13.2. The fourth-order valence-corrected chi connectivity index (χ4v) is 3.32. The van der Waals surface area contributed by atoms with Crippen molar-refractivity contribution in [1.82, 2.24) is 10.3 Å². The maximum Gasteiger partial charge on any atom is 0.272 e. The number of hydrogen-bond acceptors (Lipinski definition) is 4. The fourth-order valence-electron chi connectivity index (χ4n) is 2.39. The van der Waals surface area contributed by atoms with Gasteiger partial charge in [-0.15, -0.1) is 0 Å². The Bertz CT molecular complexity index is 424. The molecular formula is C13H19N3OS. The van der Waals surface area contributed by atoms with Gasteiger partial charge < -0.3 is 11.1 Å². The number of rotatable bonds is 3. The first-order valence-electron chi connectivity index (χ1n) is 6.26. The molecule has 2 unspecified atom stereocenters. The van der Waals surface area contributed by atoms with Gasteiger partial charge in [-0.1, -0.05) is 12.8 Å². The molecule has 0 bridgehead atoms. The highest BCUT2D eigenvalue weighted by atomic mass is 32.2. The van der Waals surface area contributed by atoms with Crippen LogP contribution in [0.15, 0.2) is 18.3 Å². The third kappa shape index (κ3) is 2.96. The predicted octanol–water partition coefficient (Wildman–Crippen LogP) is 2.07. The van der Waals surface area contributed by atoms with Gasteiger partial charge in [0.05, 0.1) is 5.69 Å². The number of pyridine rings is 1. The Labute approximate surface area is 112 Å². The van der Waals surface area contributed by atoms with E-state index in [4.69, 9.17) is 5.73 Å². The molecule has 18 heavy (non-hydrogen) atoms. The summed E-state index contributed by atoms with van der Waals surface area (Å²) in [6.07, 6.45) is 8.35. The van der Waals surface area contributed by atoms with Crippen LogP contribution in [0.25, 0.3) is 0 Å². The van der Waals surface area contributed by atoms with Crippen molar-refractivity contribution in [2.24, 2.45) is 0 Å². The minimum atomic E-state index is -0.154. The molecule has 1 heterocycles. The topological polar surface area (TPSA) is 68.0 Å². The number of carbonyl (C=O) groups excluding carboxylic acids is 1. The SMILES string of the molecule is CSC1CCCCC1NC(=O)c1ncccc1N. The highest BCUT2D eigenvalue weighted by Crippen LogP contribution is 2.27. The minimum absolute atomic E-state index is 0.154. The molecule has 1 aromatic rings.